The fourth-order valence-electron chi connectivity index (χ4n) is 3.83. The minimum absolute atomic E-state index is 0.395. The Balaban J connectivity index is 2.17. The van der Waals surface area contributed by atoms with Crippen molar-refractivity contribution in [3.8, 4) is 0 Å². The molecule has 112 valence electrons. The van der Waals surface area contributed by atoms with Gasteiger partial charge in [0.1, 0.15) is 0 Å². The molecule has 1 N–H and O–H groups in total. The first kappa shape index (κ1) is 15.5. The Kier molecular flexibility index (Phi) is 4.85. The van der Waals surface area contributed by atoms with Gasteiger partial charge >= 0.3 is 0 Å². The van der Waals surface area contributed by atoms with Crippen molar-refractivity contribution in [2.75, 3.05) is 0 Å². The molecule has 1 aliphatic carbocycles. The molecule has 1 heterocycles. The molecule has 1 aromatic rings. The van der Waals surface area contributed by atoms with Gasteiger partial charge in [0.25, 0.3) is 0 Å². The van der Waals surface area contributed by atoms with Crippen LogP contribution in [0.4, 0.5) is 0 Å². The van der Waals surface area contributed by atoms with Crippen LogP contribution in [-0.4, -0.2) is 15.7 Å². The van der Waals surface area contributed by atoms with Crippen molar-refractivity contribution in [3.63, 3.8) is 0 Å². The predicted molar refractivity (Wildman–Crippen MR) is 83.6 cm³/mol. The molecular weight excluding hydrogens is 246 g/mol. The minimum Gasteiger partial charge on any atom is -0.389 e. The van der Waals surface area contributed by atoms with E-state index in [1.165, 1.54) is 12.0 Å². The molecule has 0 bridgehead atoms. The number of aromatic nitrogens is 1. The number of hydrogen-bond acceptors (Lipinski definition) is 2. The molecular formula is C18H29NO. The van der Waals surface area contributed by atoms with Gasteiger partial charge in [-0.15, -0.1) is 0 Å². The molecule has 2 rings (SSSR count). The number of hydrogen-bond donors (Lipinski definition) is 1. The molecule has 0 saturated heterocycles. The summed E-state index contributed by atoms with van der Waals surface area (Å²) in [5.74, 6) is 1.54. The van der Waals surface area contributed by atoms with Crippen LogP contribution in [-0.2, 0) is 12.8 Å². The average Bonchev–Trinajstić information content (AvgIpc) is 2.38. The molecule has 3 atom stereocenters. The Labute approximate surface area is 123 Å². The normalized spacial score (nSPS) is 30.7. The highest BCUT2D eigenvalue weighted by atomic mass is 16.3. The lowest BCUT2D eigenvalue weighted by molar-refractivity contribution is -0.0800. The second kappa shape index (κ2) is 6.26. The molecule has 1 aromatic heterocycles. The smallest absolute Gasteiger partial charge is 0.0736 e. The molecule has 20 heavy (non-hydrogen) atoms. The van der Waals surface area contributed by atoms with E-state index in [-0.39, 0.29) is 0 Å². The van der Waals surface area contributed by atoms with Crippen LogP contribution >= 0.6 is 0 Å². The van der Waals surface area contributed by atoms with E-state index in [0.29, 0.717) is 24.2 Å². The van der Waals surface area contributed by atoms with E-state index in [2.05, 4.69) is 44.8 Å². The molecule has 0 aromatic carbocycles. The fourth-order valence-corrected chi connectivity index (χ4v) is 3.83. The maximum absolute atomic E-state index is 11.2. The summed E-state index contributed by atoms with van der Waals surface area (Å²) in [6.45, 7) is 8.87. The van der Waals surface area contributed by atoms with Crippen LogP contribution in [0.15, 0.2) is 18.3 Å². The quantitative estimate of drug-likeness (QED) is 0.900. The van der Waals surface area contributed by atoms with Crippen LogP contribution in [0.1, 0.15) is 58.2 Å². The summed E-state index contributed by atoms with van der Waals surface area (Å²) in [5.41, 5.74) is 1.72. The molecule has 1 fully saturated rings. The van der Waals surface area contributed by atoms with Crippen LogP contribution in [0.3, 0.4) is 0 Å². The van der Waals surface area contributed by atoms with Crippen LogP contribution in [0.2, 0.25) is 0 Å². The summed E-state index contributed by atoms with van der Waals surface area (Å²) < 4.78 is 0. The number of rotatable bonds is 4. The van der Waals surface area contributed by atoms with Crippen molar-refractivity contribution < 1.29 is 5.11 Å². The van der Waals surface area contributed by atoms with Gasteiger partial charge in [0.05, 0.1) is 5.60 Å². The second-order valence-electron chi connectivity index (χ2n) is 7.03. The van der Waals surface area contributed by atoms with Crippen molar-refractivity contribution in [1.82, 2.24) is 4.98 Å². The van der Waals surface area contributed by atoms with E-state index < -0.39 is 5.60 Å². The molecule has 2 nitrogen and oxygen atoms in total. The zero-order valence-electron chi connectivity index (χ0n) is 13.4. The van der Waals surface area contributed by atoms with Gasteiger partial charge in [0, 0.05) is 18.3 Å². The monoisotopic (exact) mass is 275 g/mol. The van der Waals surface area contributed by atoms with Gasteiger partial charge in [-0.05, 0) is 48.6 Å². The van der Waals surface area contributed by atoms with Gasteiger partial charge in [-0.25, -0.2) is 0 Å². The molecule has 0 amide bonds. The zero-order valence-corrected chi connectivity index (χ0v) is 13.4. The summed E-state index contributed by atoms with van der Waals surface area (Å²) in [7, 11) is 0. The molecule has 1 aliphatic rings. The Bertz CT molecular complexity index is 426. The van der Waals surface area contributed by atoms with Crippen LogP contribution in [0.25, 0.3) is 0 Å². The van der Waals surface area contributed by atoms with Crippen molar-refractivity contribution in [3.05, 3.63) is 29.6 Å². The Morgan fingerprint density at radius 1 is 1.35 bits per heavy atom. The Morgan fingerprint density at radius 3 is 2.65 bits per heavy atom. The number of pyridine rings is 1. The van der Waals surface area contributed by atoms with Gasteiger partial charge in [-0.3, -0.25) is 4.98 Å². The third-order valence-electron chi connectivity index (χ3n) is 4.95. The van der Waals surface area contributed by atoms with Crippen LogP contribution < -0.4 is 0 Å². The largest absolute Gasteiger partial charge is 0.389 e. The van der Waals surface area contributed by atoms with Gasteiger partial charge in [0.15, 0.2) is 0 Å². The minimum atomic E-state index is -0.577. The van der Waals surface area contributed by atoms with Gasteiger partial charge in [-0.1, -0.05) is 40.2 Å². The molecule has 1 saturated carbocycles. The Morgan fingerprint density at radius 2 is 2.10 bits per heavy atom. The van der Waals surface area contributed by atoms with E-state index in [1.807, 2.05) is 6.20 Å². The maximum Gasteiger partial charge on any atom is 0.0736 e. The summed E-state index contributed by atoms with van der Waals surface area (Å²) in [4.78, 5) is 4.55. The topological polar surface area (TPSA) is 33.1 Å². The van der Waals surface area contributed by atoms with Gasteiger partial charge < -0.3 is 5.11 Å². The first-order valence-electron chi connectivity index (χ1n) is 8.10. The lowest BCUT2D eigenvalue weighted by Gasteiger charge is -2.44. The van der Waals surface area contributed by atoms with Crippen molar-refractivity contribution in [2.45, 2.75) is 65.4 Å². The highest BCUT2D eigenvalue weighted by molar-refractivity contribution is 5.16. The SMILES string of the molecule is CCc1ccc(CC2(O)CC(C)CCC2C(C)C)nc1. The van der Waals surface area contributed by atoms with Crippen molar-refractivity contribution in [2.24, 2.45) is 17.8 Å². The molecule has 0 spiro atoms. The van der Waals surface area contributed by atoms with Gasteiger partial charge in [0.2, 0.25) is 0 Å². The molecule has 3 unspecified atom stereocenters. The zero-order chi connectivity index (χ0) is 14.8. The average molecular weight is 275 g/mol. The maximum atomic E-state index is 11.2. The lowest BCUT2D eigenvalue weighted by Crippen LogP contribution is -2.47. The fraction of sp³-hybridized carbons (Fsp3) is 0.722. The van der Waals surface area contributed by atoms with Crippen LogP contribution in [0, 0.1) is 17.8 Å². The Hall–Kier alpha value is -0.890. The number of aryl methyl sites for hydroxylation is 1. The standard InChI is InChI=1S/C18H29NO/c1-5-15-7-8-16(19-12-15)11-18(20)10-14(4)6-9-17(18)13(2)3/h7-8,12-14,17,20H,5-6,9-11H2,1-4H3. The first-order chi connectivity index (χ1) is 9.44. The van der Waals surface area contributed by atoms with Gasteiger partial charge in [-0.2, -0.15) is 0 Å². The van der Waals surface area contributed by atoms with Crippen molar-refractivity contribution in [1.29, 1.82) is 0 Å². The van der Waals surface area contributed by atoms with E-state index in [9.17, 15) is 5.11 Å². The third-order valence-corrected chi connectivity index (χ3v) is 4.95. The van der Waals surface area contributed by atoms with E-state index in [0.717, 1.165) is 25.0 Å². The summed E-state index contributed by atoms with van der Waals surface area (Å²) in [6.07, 6.45) is 6.96. The van der Waals surface area contributed by atoms with E-state index in [4.69, 9.17) is 0 Å². The third kappa shape index (κ3) is 3.41. The van der Waals surface area contributed by atoms with Crippen LogP contribution in [0.5, 0.6) is 0 Å². The highest BCUT2D eigenvalue weighted by Crippen LogP contribution is 2.42. The predicted octanol–water partition coefficient (Wildman–Crippen LogP) is 4.01. The second-order valence-corrected chi connectivity index (χ2v) is 7.03. The highest BCUT2D eigenvalue weighted by Gasteiger charge is 2.42. The van der Waals surface area contributed by atoms with E-state index >= 15 is 0 Å². The van der Waals surface area contributed by atoms with E-state index in [1.54, 1.807) is 0 Å². The van der Waals surface area contributed by atoms with Crippen molar-refractivity contribution >= 4 is 0 Å². The number of nitrogens with zero attached hydrogens (tertiary/aromatic N) is 1. The summed E-state index contributed by atoms with van der Waals surface area (Å²) >= 11 is 0. The number of aliphatic hydroxyl groups is 1. The summed E-state index contributed by atoms with van der Waals surface area (Å²) in [6, 6.07) is 4.23. The summed E-state index contributed by atoms with van der Waals surface area (Å²) in [5, 5.41) is 11.2. The lowest BCUT2D eigenvalue weighted by atomic mass is 9.65. The molecule has 0 aliphatic heterocycles. The molecule has 2 heteroatoms. The first-order valence-corrected chi connectivity index (χ1v) is 8.10. The molecule has 0 radical (unpaired) electrons.